The Labute approximate surface area is 167 Å². The number of piperidine rings is 1. The zero-order chi connectivity index (χ0) is 20.5. The number of nitrogens with zero attached hydrogens (tertiary/aromatic N) is 1. The van der Waals surface area contributed by atoms with Gasteiger partial charge >= 0.3 is 12.0 Å². The number of rotatable bonds is 9. The number of carboxylic acid groups (broad SMARTS) is 1. The van der Waals surface area contributed by atoms with Crippen molar-refractivity contribution < 1.29 is 24.2 Å². The predicted octanol–water partition coefficient (Wildman–Crippen LogP) is 3.83. The van der Waals surface area contributed by atoms with Crippen molar-refractivity contribution in [2.75, 3.05) is 26.3 Å². The third-order valence-corrected chi connectivity index (χ3v) is 4.86. The van der Waals surface area contributed by atoms with Crippen molar-refractivity contribution >= 4 is 12.0 Å². The van der Waals surface area contributed by atoms with Gasteiger partial charge in [0.1, 0.15) is 0 Å². The van der Waals surface area contributed by atoms with Gasteiger partial charge in [-0.1, -0.05) is 19.9 Å². The van der Waals surface area contributed by atoms with Gasteiger partial charge in [-0.2, -0.15) is 0 Å². The summed E-state index contributed by atoms with van der Waals surface area (Å²) < 4.78 is 11.6. The summed E-state index contributed by atoms with van der Waals surface area (Å²) in [6.45, 7) is 8.18. The van der Waals surface area contributed by atoms with E-state index in [1.54, 1.807) is 4.90 Å². The minimum absolute atomic E-state index is 0.168. The summed E-state index contributed by atoms with van der Waals surface area (Å²) >= 11 is 0. The highest BCUT2D eigenvalue weighted by Gasteiger charge is 2.27. The second kappa shape index (κ2) is 10.8. The third kappa shape index (κ3) is 6.04. The molecule has 1 unspecified atom stereocenters. The number of ether oxygens (including phenoxy) is 2. The number of benzene rings is 1. The molecular weight excluding hydrogens is 360 g/mol. The van der Waals surface area contributed by atoms with Crippen LogP contribution in [0.1, 0.15) is 58.1 Å². The summed E-state index contributed by atoms with van der Waals surface area (Å²) in [7, 11) is 0. The molecule has 2 N–H and O–H groups in total. The molecule has 1 saturated heterocycles. The Bertz CT molecular complexity index is 656. The van der Waals surface area contributed by atoms with Gasteiger partial charge in [0.15, 0.2) is 11.5 Å². The molecule has 0 aromatic heterocycles. The first kappa shape index (κ1) is 21.9. The number of nitrogens with one attached hydrogen (secondary N) is 1. The minimum atomic E-state index is -0.779. The Balaban J connectivity index is 1.99. The van der Waals surface area contributed by atoms with E-state index in [0.717, 1.165) is 18.4 Å². The monoisotopic (exact) mass is 392 g/mol. The molecule has 0 aliphatic carbocycles. The molecule has 1 fully saturated rings. The van der Waals surface area contributed by atoms with Gasteiger partial charge in [-0.3, -0.25) is 4.79 Å². The van der Waals surface area contributed by atoms with E-state index in [2.05, 4.69) is 12.2 Å². The molecule has 7 heteroatoms. The van der Waals surface area contributed by atoms with Gasteiger partial charge in [0, 0.05) is 13.1 Å². The summed E-state index contributed by atoms with van der Waals surface area (Å²) in [6, 6.07) is 5.37. The number of hydrogen-bond donors (Lipinski definition) is 2. The SMILES string of the molecule is CCCOc1ccc(C(C)NC(=O)N2CCC(C(=O)O)CC2)cc1OCCC. The molecule has 7 nitrogen and oxygen atoms in total. The van der Waals surface area contributed by atoms with E-state index in [0.29, 0.717) is 50.6 Å². The van der Waals surface area contributed by atoms with Crippen LogP contribution in [-0.4, -0.2) is 48.3 Å². The summed E-state index contributed by atoms with van der Waals surface area (Å²) in [4.78, 5) is 25.3. The highest BCUT2D eigenvalue weighted by atomic mass is 16.5. The second-order valence-corrected chi connectivity index (χ2v) is 7.17. The largest absolute Gasteiger partial charge is 0.490 e. The maximum absolute atomic E-state index is 12.5. The highest BCUT2D eigenvalue weighted by molar-refractivity contribution is 5.76. The van der Waals surface area contributed by atoms with Crippen LogP contribution < -0.4 is 14.8 Å². The molecule has 1 aliphatic rings. The molecule has 156 valence electrons. The summed E-state index contributed by atoms with van der Waals surface area (Å²) in [5, 5.41) is 12.1. The molecule has 1 heterocycles. The zero-order valence-electron chi connectivity index (χ0n) is 17.1. The number of carbonyl (C=O) groups is 2. The van der Waals surface area contributed by atoms with Gasteiger partial charge in [0.05, 0.1) is 25.2 Å². The van der Waals surface area contributed by atoms with Crippen molar-refractivity contribution in [1.82, 2.24) is 10.2 Å². The molecule has 1 aliphatic heterocycles. The lowest BCUT2D eigenvalue weighted by Gasteiger charge is -2.31. The summed E-state index contributed by atoms with van der Waals surface area (Å²) in [5.74, 6) is 0.276. The van der Waals surface area contributed by atoms with Crippen LogP contribution in [-0.2, 0) is 4.79 Å². The maximum Gasteiger partial charge on any atom is 0.317 e. The van der Waals surface area contributed by atoms with Crippen molar-refractivity contribution in [3.63, 3.8) is 0 Å². The average Bonchev–Trinajstić information content (AvgIpc) is 2.70. The minimum Gasteiger partial charge on any atom is -0.490 e. The Hall–Kier alpha value is -2.44. The molecule has 0 radical (unpaired) electrons. The van der Waals surface area contributed by atoms with E-state index < -0.39 is 5.97 Å². The summed E-state index contributed by atoms with van der Waals surface area (Å²) in [6.07, 6.45) is 2.81. The van der Waals surface area contributed by atoms with Gasteiger partial charge in [-0.15, -0.1) is 0 Å². The lowest BCUT2D eigenvalue weighted by Crippen LogP contribution is -2.46. The number of hydrogen-bond acceptors (Lipinski definition) is 4. The molecule has 2 rings (SSSR count). The lowest BCUT2D eigenvalue weighted by atomic mass is 9.97. The number of carbonyl (C=O) groups excluding carboxylic acids is 1. The third-order valence-electron chi connectivity index (χ3n) is 4.86. The molecule has 1 aromatic carbocycles. The fraction of sp³-hybridized carbons (Fsp3) is 0.619. The van der Waals surface area contributed by atoms with Crippen LogP contribution >= 0.6 is 0 Å². The van der Waals surface area contributed by atoms with Crippen LogP contribution in [0.25, 0.3) is 0 Å². The molecule has 0 saturated carbocycles. The fourth-order valence-corrected chi connectivity index (χ4v) is 3.14. The number of carboxylic acids is 1. The summed E-state index contributed by atoms with van der Waals surface area (Å²) in [5.41, 5.74) is 0.934. The zero-order valence-corrected chi connectivity index (χ0v) is 17.1. The number of amides is 2. The first-order valence-electron chi connectivity index (χ1n) is 10.1. The van der Waals surface area contributed by atoms with Crippen LogP contribution in [0.3, 0.4) is 0 Å². The smallest absolute Gasteiger partial charge is 0.317 e. The van der Waals surface area contributed by atoms with Crippen molar-refractivity contribution in [3.8, 4) is 11.5 Å². The van der Waals surface area contributed by atoms with E-state index >= 15 is 0 Å². The average molecular weight is 392 g/mol. The second-order valence-electron chi connectivity index (χ2n) is 7.17. The topological polar surface area (TPSA) is 88.1 Å². The van der Waals surface area contributed by atoms with Crippen molar-refractivity contribution in [1.29, 1.82) is 0 Å². The fourth-order valence-electron chi connectivity index (χ4n) is 3.14. The first-order valence-corrected chi connectivity index (χ1v) is 10.1. The Morgan fingerprint density at radius 3 is 2.32 bits per heavy atom. The van der Waals surface area contributed by atoms with Crippen LogP contribution in [0.15, 0.2) is 18.2 Å². The number of likely N-dealkylation sites (tertiary alicyclic amines) is 1. The lowest BCUT2D eigenvalue weighted by molar-refractivity contribution is -0.143. The first-order chi connectivity index (χ1) is 13.5. The van der Waals surface area contributed by atoms with E-state index in [9.17, 15) is 9.59 Å². The van der Waals surface area contributed by atoms with Crippen molar-refractivity contribution in [2.24, 2.45) is 5.92 Å². The van der Waals surface area contributed by atoms with Crippen LogP contribution in [0, 0.1) is 5.92 Å². The molecule has 1 atom stereocenters. The Kier molecular flexibility index (Phi) is 8.42. The number of urea groups is 1. The molecule has 0 spiro atoms. The maximum atomic E-state index is 12.5. The Morgan fingerprint density at radius 1 is 1.14 bits per heavy atom. The van der Waals surface area contributed by atoms with Gasteiger partial charge < -0.3 is 24.8 Å². The van der Waals surface area contributed by atoms with E-state index in [-0.39, 0.29) is 18.0 Å². The quantitative estimate of drug-likeness (QED) is 0.667. The molecule has 2 amide bonds. The van der Waals surface area contributed by atoms with Gasteiger partial charge in [0.2, 0.25) is 0 Å². The van der Waals surface area contributed by atoms with E-state index in [4.69, 9.17) is 14.6 Å². The van der Waals surface area contributed by atoms with E-state index in [1.165, 1.54) is 0 Å². The molecular formula is C21H32N2O5. The Morgan fingerprint density at radius 2 is 1.75 bits per heavy atom. The van der Waals surface area contributed by atoms with E-state index in [1.807, 2.05) is 32.0 Å². The van der Waals surface area contributed by atoms with Crippen LogP contribution in [0.4, 0.5) is 4.79 Å². The van der Waals surface area contributed by atoms with Crippen LogP contribution in [0.5, 0.6) is 11.5 Å². The standard InChI is InChI=1S/C21H32N2O5/c1-4-12-27-18-7-6-17(14-19(18)28-13-5-2)15(3)22-21(26)23-10-8-16(9-11-23)20(24)25/h6-7,14-16H,4-5,8-13H2,1-3H3,(H,22,26)(H,24,25). The van der Waals surface area contributed by atoms with Crippen molar-refractivity contribution in [3.05, 3.63) is 23.8 Å². The molecule has 28 heavy (non-hydrogen) atoms. The van der Waals surface area contributed by atoms with Gasteiger partial charge in [-0.25, -0.2) is 4.79 Å². The van der Waals surface area contributed by atoms with Gasteiger partial charge in [-0.05, 0) is 50.3 Å². The van der Waals surface area contributed by atoms with Crippen molar-refractivity contribution in [2.45, 2.75) is 52.5 Å². The van der Waals surface area contributed by atoms with Gasteiger partial charge in [0.25, 0.3) is 0 Å². The number of aliphatic carboxylic acids is 1. The highest BCUT2D eigenvalue weighted by Crippen LogP contribution is 2.31. The van der Waals surface area contributed by atoms with Crippen LogP contribution in [0.2, 0.25) is 0 Å². The normalized spacial score (nSPS) is 15.8. The predicted molar refractivity (Wildman–Crippen MR) is 107 cm³/mol. The molecule has 1 aromatic rings. The molecule has 0 bridgehead atoms.